The van der Waals surface area contributed by atoms with Gasteiger partial charge in [-0.05, 0) is 13.0 Å². The second kappa shape index (κ2) is 16.4. The van der Waals surface area contributed by atoms with E-state index in [1.807, 2.05) is 0 Å². The highest BCUT2D eigenvalue weighted by Crippen LogP contribution is 2.22. The van der Waals surface area contributed by atoms with Crippen LogP contribution >= 0.6 is 0 Å². The van der Waals surface area contributed by atoms with Crippen LogP contribution in [0.3, 0.4) is 0 Å². The van der Waals surface area contributed by atoms with Crippen LogP contribution in [-0.2, 0) is 9.47 Å². The molecule has 1 unspecified atom stereocenters. The molecule has 8 heteroatoms. The van der Waals surface area contributed by atoms with Gasteiger partial charge in [-0.1, -0.05) is 64.7 Å². The number of nitrogens with one attached hydrogen (secondary N) is 1. The largest absolute Gasteiger partial charge is 0.394 e. The summed E-state index contributed by atoms with van der Waals surface area (Å²) in [4.78, 5) is 0. The van der Waals surface area contributed by atoms with Crippen LogP contribution in [0.25, 0.3) is 0 Å². The molecule has 0 spiro atoms. The summed E-state index contributed by atoms with van der Waals surface area (Å²) in [5.41, 5.74) is 0. The Bertz CT molecular complexity index is 388. The molecule has 0 saturated carbocycles. The Morgan fingerprint density at radius 3 is 2.07 bits per heavy atom. The van der Waals surface area contributed by atoms with E-state index >= 15 is 0 Å². The van der Waals surface area contributed by atoms with Crippen molar-refractivity contribution in [1.82, 2.24) is 5.32 Å². The molecule has 1 heterocycles. The van der Waals surface area contributed by atoms with E-state index in [-0.39, 0.29) is 6.61 Å². The van der Waals surface area contributed by atoms with Crippen molar-refractivity contribution >= 4 is 0 Å². The third kappa shape index (κ3) is 11.0. The van der Waals surface area contributed by atoms with Crippen molar-refractivity contribution < 1.29 is 35.0 Å². The highest BCUT2D eigenvalue weighted by Gasteiger charge is 2.44. The molecule has 0 aromatic carbocycles. The van der Waals surface area contributed by atoms with Crippen LogP contribution in [0, 0.1) is 0 Å². The Kier molecular flexibility index (Phi) is 15.1. The fourth-order valence-electron chi connectivity index (χ4n) is 3.54. The third-order valence-electron chi connectivity index (χ3n) is 5.41. The lowest BCUT2D eigenvalue weighted by atomic mass is 9.99. The minimum Gasteiger partial charge on any atom is -0.394 e. The molecule has 6 N–H and O–H groups in total. The van der Waals surface area contributed by atoms with E-state index in [1.165, 1.54) is 57.8 Å². The van der Waals surface area contributed by atoms with Gasteiger partial charge < -0.3 is 40.3 Å². The minimum absolute atomic E-state index is 0.107. The van der Waals surface area contributed by atoms with Gasteiger partial charge in [0, 0.05) is 6.54 Å². The van der Waals surface area contributed by atoms with Crippen molar-refractivity contribution in [3.8, 4) is 0 Å². The van der Waals surface area contributed by atoms with Crippen LogP contribution < -0.4 is 5.32 Å². The summed E-state index contributed by atoms with van der Waals surface area (Å²) in [5, 5.41) is 51.8. The number of hydrogen-bond donors (Lipinski definition) is 6. The van der Waals surface area contributed by atoms with Crippen molar-refractivity contribution in [2.24, 2.45) is 0 Å². The Balaban J connectivity index is 2.00. The smallest absolute Gasteiger partial charge is 0.184 e. The lowest BCUT2D eigenvalue weighted by Gasteiger charge is -2.40. The zero-order valence-corrected chi connectivity index (χ0v) is 17.9. The summed E-state index contributed by atoms with van der Waals surface area (Å²) in [6.45, 7) is 2.78. The molecule has 8 nitrogen and oxygen atoms in total. The first kappa shape index (κ1) is 26.7. The molecule has 0 aromatic heterocycles. The number of hydrogen-bond acceptors (Lipinski definition) is 8. The maximum Gasteiger partial charge on any atom is 0.184 e. The lowest BCUT2D eigenvalue weighted by Crippen LogP contribution is -2.59. The zero-order valence-electron chi connectivity index (χ0n) is 17.9. The van der Waals surface area contributed by atoms with E-state index in [4.69, 9.17) is 14.6 Å². The molecular formula is C21H43NO7. The van der Waals surface area contributed by atoms with Crippen LogP contribution in [0.15, 0.2) is 0 Å². The summed E-state index contributed by atoms with van der Waals surface area (Å²) in [7, 11) is 0. The molecule has 1 rings (SSSR count). The van der Waals surface area contributed by atoms with Gasteiger partial charge in [0.05, 0.1) is 19.3 Å². The highest BCUT2D eigenvalue weighted by atomic mass is 16.7. The summed E-state index contributed by atoms with van der Waals surface area (Å²) in [6.07, 6.45) is 5.53. The van der Waals surface area contributed by atoms with Crippen LogP contribution in [-0.4, -0.2) is 88.6 Å². The fraction of sp³-hybridized carbons (Fsp3) is 1.00. The minimum atomic E-state index is -1.47. The predicted octanol–water partition coefficient (Wildman–Crippen LogP) is 0.674. The maximum atomic E-state index is 9.99. The first-order chi connectivity index (χ1) is 14.0. The van der Waals surface area contributed by atoms with E-state index in [0.29, 0.717) is 6.54 Å². The molecule has 6 atom stereocenters. The van der Waals surface area contributed by atoms with Gasteiger partial charge in [0.15, 0.2) is 6.29 Å². The Morgan fingerprint density at radius 2 is 1.48 bits per heavy atom. The van der Waals surface area contributed by atoms with E-state index in [2.05, 4.69) is 12.2 Å². The predicted molar refractivity (Wildman–Crippen MR) is 110 cm³/mol. The van der Waals surface area contributed by atoms with Gasteiger partial charge in [0.1, 0.15) is 24.4 Å². The number of unbranched alkanes of at least 4 members (excludes halogenated alkanes) is 9. The fourth-order valence-corrected chi connectivity index (χ4v) is 3.54. The summed E-state index contributed by atoms with van der Waals surface area (Å²) in [5.74, 6) is 0. The van der Waals surface area contributed by atoms with Crippen molar-refractivity contribution in [2.75, 3.05) is 26.3 Å². The van der Waals surface area contributed by atoms with Crippen molar-refractivity contribution in [2.45, 2.75) is 108 Å². The molecule has 1 aliphatic heterocycles. The van der Waals surface area contributed by atoms with Crippen LogP contribution in [0.4, 0.5) is 0 Å². The average Bonchev–Trinajstić information content (AvgIpc) is 2.71. The number of aliphatic hydroxyl groups excluding tert-OH is 5. The topological polar surface area (TPSA) is 132 Å². The molecule has 29 heavy (non-hydrogen) atoms. The van der Waals surface area contributed by atoms with Crippen molar-refractivity contribution in [3.63, 3.8) is 0 Å². The molecule has 174 valence electrons. The summed E-state index contributed by atoms with van der Waals surface area (Å²) >= 11 is 0. The number of rotatable bonds is 17. The van der Waals surface area contributed by atoms with Gasteiger partial charge in [-0.25, -0.2) is 0 Å². The molecule has 0 bridgehead atoms. The first-order valence-corrected chi connectivity index (χ1v) is 11.3. The highest BCUT2D eigenvalue weighted by molar-refractivity contribution is 4.89. The van der Waals surface area contributed by atoms with Crippen molar-refractivity contribution in [1.29, 1.82) is 0 Å². The van der Waals surface area contributed by atoms with Crippen LogP contribution in [0.2, 0.25) is 0 Å². The molecule has 0 aliphatic carbocycles. The standard InChI is InChI=1S/C21H43NO7/c1-2-3-4-5-6-7-8-9-10-11-12-22-13-16(24)15-28-20-19(26)18(25)17(14-23)29-21(20)27/h16-27H,2-15H2,1H3/t16?,17-,18+,19+,20-,21-/m1/s1. The van der Waals surface area contributed by atoms with Gasteiger partial charge in [-0.3, -0.25) is 0 Å². The van der Waals surface area contributed by atoms with E-state index < -0.39 is 43.4 Å². The van der Waals surface area contributed by atoms with Crippen LogP contribution in [0.1, 0.15) is 71.1 Å². The lowest BCUT2D eigenvalue weighted by molar-refractivity contribution is -0.298. The first-order valence-electron chi connectivity index (χ1n) is 11.3. The number of aliphatic hydroxyl groups is 5. The molecule has 1 saturated heterocycles. The molecular weight excluding hydrogens is 378 g/mol. The summed E-state index contributed by atoms with van der Waals surface area (Å²) in [6, 6.07) is 0. The Labute approximate surface area is 175 Å². The Morgan fingerprint density at radius 1 is 0.897 bits per heavy atom. The van der Waals surface area contributed by atoms with Crippen LogP contribution in [0.5, 0.6) is 0 Å². The SMILES string of the molecule is CCCCCCCCCCCCNCC(O)CO[C@@H]1[C@@H](O)[C@@H](O)[C@@H](CO)O[C@H]1O. The van der Waals surface area contributed by atoms with Gasteiger partial charge >= 0.3 is 0 Å². The zero-order chi connectivity index (χ0) is 21.5. The van der Waals surface area contributed by atoms with Gasteiger partial charge in [-0.15, -0.1) is 0 Å². The molecule has 0 radical (unpaired) electrons. The van der Waals surface area contributed by atoms with Gasteiger partial charge in [0.25, 0.3) is 0 Å². The second-order valence-electron chi connectivity index (χ2n) is 8.07. The monoisotopic (exact) mass is 421 g/mol. The Hall–Kier alpha value is -0.320. The van der Waals surface area contributed by atoms with E-state index in [9.17, 15) is 20.4 Å². The molecule has 1 aliphatic rings. The number of ether oxygens (including phenoxy) is 2. The maximum absolute atomic E-state index is 9.99. The van der Waals surface area contributed by atoms with Gasteiger partial charge in [0.2, 0.25) is 0 Å². The average molecular weight is 422 g/mol. The molecule has 0 amide bonds. The quantitative estimate of drug-likeness (QED) is 0.189. The van der Waals surface area contributed by atoms with Crippen molar-refractivity contribution in [3.05, 3.63) is 0 Å². The molecule has 0 aromatic rings. The third-order valence-corrected chi connectivity index (χ3v) is 5.41. The normalized spacial score (nSPS) is 28.6. The van der Waals surface area contributed by atoms with E-state index in [0.717, 1.165) is 13.0 Å². The summed E-state index contributed by atoms with van der Waals surface area (Å²) < 4.78 is 10.3. The van der Waals surface area contributed by atoms with E-state index in [1.54, 1.807) is 0 Å². The van der Waals surface area contributed by atoms with Gasteiger partial charge in [-0.2, -0.15) is 0 Å². The molecule has 1 fully saturated rings. The second-order valence-corrected chi connectivity index (χ2v) is 8.07.